The molecule has 0 aliphatic rings. The van der Waals surface area contributed by atoms with Crippen molar-refractivity contribution in [3.63, 3.8) is 0 Å². The van der Waals surface area contributed by atoms with Crippen LogP contribution in [0.3, 0.4) is 0 Å². The van der Waals surface area contributed by atoms with E-state index in [4.69, 9.17) is 14.0 Å². The van der Waals surface area contributed by atoms with Gasteiger partial charge in [0.15, 0.2) is 0 Å². The zero-order valence-electron chi connectivity index (χ0n) is 15.4. The molecule has 0 atom stereocenters. The van der Waals surface area contributed by atoms with Crippen LogP contribution in [0.25, 0.3) is 11.4 Å². The predicted molar refractivity (Wildman–Crippen MR) is 99.5 cm³/mol. The number of amides is 1. The van der Waals surface area contributed by atoms with E-state index in [0.29, 0.717) is 42.6 Å². The number of nitrogens with one attached hydrogen (secondary N) is 1. The van der Waals surface area contributed by atoms with Crippen molar-refractivity contribution in [1.29, 1.82) is 0 Å². The summed E-state index contributed by atoms with van der Waals surface area (Å²) in [7, 11) is 1.60. The van der Waals surface area contributed by atoms with E-state index in [1.807, 2.05) is 0 Å². The van der Waals surface area contributed by atoms with Gasteiger partial charge in [-0.05, 0) is 48.5 Å². The Bertz CT molecular complexity index is 895. The monoisotopic (exact) mass is 385 g/mol. The van der Waals surface area contributed by atoms with E-state index in [2.05, 4.69) is 15.5 Å². The fourth-order valence-corrected chi connectivity index (χ4v) is 2.41. The number of carbonyl (C=O) groups is 1. The zero-order valence-corrected chi connectivity index (χ0v) is 15.4. The maximum absolute atomic E-state index is 12.9. The molecular weight excluding hydrogens is 365 g/mol. The number of aryl methyl sites for hydroxylation is 1. The van der Waals surface area contributed by atoms with Gasteiger partial charge in [0.2, 0.25) is 17.6 Å². The molecule has 0 saturated carbocycles. The Morgan fingerprint density at radius 1 is 1.11 bits per heavy atom. The maximum Gasteiger partial charge on any atom is 0.227 e. The van der Waals surface area contributed by atoms with Crippen molar-refractivity contribution < 1.29 is 23.2 Å². The number of methoxy groups -OCH3 is 1. The summed E-state index contributed by atoms with van der Waals surface area (Å²) in [6.45, 7) is 0.739. The molecule has 8 heteroatoms. The highest BCUT2D eigenvalue weighted by Gasteiger charge is 2.10. The smallest absolute Gasteiger partial charge is 0.227 e. The minimum absolute atomic E-state index is 0.139. The van der Waals surface area contributed by atoms with Crippen LogP contribution in [0.2, 0.25) is 0 Å². The Kier molecular flexibility index (Phi) is 6.56. The average molecular weight is 385 g/mol. The summed E-state index contributed by atoms with van der Waals surface area (Å²) < 4.78 is 28.7. The molecule has 1 N–H and O–H groups in total. The first-order valence-corrected chi connectivity index (χ1v) is 8.76. The summed E-state index contributed by atoms with van der Waals surface area (Å²) in [5.41, 5.74) is 0.650. The van der Waals surface area contributed by atoms with E-state index >= 15 is 0 Å². The van der Waals surface area contributed by atoms with Gasteiger partial charge >= 0.3 is 0 Å². The van der Waals surface area contributed by atoms with Gasteiger partial charge in [-0.15, -0.1) is 0 Å². The van der Waals surface area contributed by atoms with Crippen molar-refractivity contribution in [2.45, 2.75) is 12.8 Å². The molecule has 0 bridgehead atoms. The predicted octanol–water partition coefficient (Wildman–Crippen LogP) is 3.01. The summed E-state index contributed by atoms with van der Waals surface area (Å²) in [6.07, 6.45) is 0.535. The first-order valence-electron chi connectivity index (χ1n) is 8.76. The summed E-state index contributed by atoms with van der Waals surface area (Å²) in [4.78, 5) is 16.1. The number of nitrogens with zero attached hydrogens (tertiary/aromatic N) is 2. The number of ether oxygens (including phenoxy) is 2. The normalized spacial score (nSPS) is 10.5. The van der Waals surface area contributed by atoms with Gasteiger partial charge in [0.05, 0.1) is 13.7 Å². The third-order valence-corrected chi connectivity index (χ3v) is 3.89. The first kappa shape index (κ1) is 19.3. The lowest BCUT2D eigenvalue weighted by Crippen LogP contribution is -2.28. The van der Waals surface area contributed by atoms with Crippen LogP contribution in [0.5, 0.6) is 11.5 Å². The molecule has 0 spiro atoms. The van der Waals surface area contributed by atoms with Crippen molar-refractivity contribution in [3.8, 4) is 22.9 Å². The van der Waals surface area contributed by atoms with Crippen LogP contribution in [0.15, 0.2) is 53.1 Å². The van der Waals surface area contributed by atoms with Crippen LogP contribution < -0.4 is 14.8 Å². The molecule has 28 heavy (non-hydrogen) atoms. The molecule has 0 aliphatic heterocycles. The lowest BCUT2D eigenvalue weighted by Gasteiger charge is -2.08. The second kappa shape index (κ2) is 9.50. The molecule has 7 nitrogen and oxygen atoms in total. The van der Waals surface area contributed by atoms with Crippen molar-refractivity contribution in [1.82, 2.24) is 15.5 Å². The molecule has 0 radical (unpaired) electrons. The summed E-state index contributed by atoms with van der Waals surface area (Å²) in [5.74, 6) is 1.70. The molecule has 0 saturated heterocycles. The Hall–Kier alpha value is -3.42. The molecule has 0 fully saturated rings. The number of hydrogen-bond donors (Lipinski definition) is 1. The summed E-state index contributed by atoms with van der Waals surface area (Å²) in [5, 5.41) is 6.62. The lowest BCUT2D eigenvalue weighted by molar-refractivity contribution is -0.121. The van der Waals surface area contributed by atoms with Crippen LogP contribution in [-0.4, -0.2) is 36.3 Å². The number of rotatable bonds is 9. The summed E-state index contributed by atoms with van der Waals surface area (Å²) >= 11 is 0. The number of hydrogen-bond acceptors (Lipinski definition) is 6. The molecule has 3 aromatic rings. The largest absolute Gasteiger partial charge is 0.497 e. The van der Waals surface area contributed by atoms with Crippen molar-refractivity contribution in [2.75, 3.05) is 20.3 Å². The maximum atomic E-state index is 12.9. The molecular formula is C20H20FN3O4. The van der Waals surface area contributed by atoms with Gasteiger partial charge in [0, 0.05) is 18.4 Å². The van der Waals surface area contributed by atoms with Gasteiger partial charge in [-0.25, -0.2) is 4.39 Å². The highest BCUT2D eigenvalue weighted by Crippen LogP contribution is 2.17. The fourth-order valence-electron chi connectivity index (χ4n) is 2.41. The molecule has 0 unspecified atom stereocenters. The van der Waals surface area contributed by atoms with Gasteiger partial charge in [0.1, 0.15) is 23.9 Å². The van der Waals surface area contributed by atoms with Crippen molar-refractivity contribution >= 4 is 5.91 Å². The Morgan fingerprint density at radius 3 is 2.54 bits per heavy atom. The van der Waals surface area contributed by atoms with E-state index in [-0.39, 0.29) is 18.1 Å². The zero-order chi connectivity index (χ0) is 19.8. The average Bonchev–Trinajstić information content (AvgIpc) is 3.20. The van der Waals surface area contributed by atoms with E-state index in [9.17, 15) is 9.18 Å². The molecule has 0 aliphatic carbocycles. The third kappa shape index (κ3) is 5.54. The first-order chi connectivity index (χ1) is 13.6. The summed E-state index contributed by atoms with van der Waals surface area (Å²) in [6, 6.07) is 13.0. The van der Waals surface area contributed by atoms with Crippen molar-refractivity contribution in [3.05, 3.63) is 60.2 Å². The molecule has 1 heterocycles. The van der Waals surface area contributed by atoms with Crippen LogP contribution in [0, 0.1) is 5.82 Å². The highest BCUT2D eigenvalue weighted by molar-refractivity contribution is 5.76. The SMILES string of the molecule is COc1ccc(OCCNC(=O)CCc2nc(-c3ccc(F)cc3)no2)cc1. The standard InChI is InChI=1S/C20H20FN3O4/c1-26-16-6-8-17(9-7-16)27-13-12-22-18(25)10-11-19-23-20(24-28-19)14-2-4-15(21)5-3-14/h2-9H,10-13H2,1H3,(H,22,25). The van der Waals surface area contributed by atoms with E-state index in [1.54, 1.807) is 43.5 Å². The van der Waals surface area contributed by atoms with Crippen LogP contribution in [-0.2, 0) is 11.2 Å². The van der Waals surface area contributed by atoms with Gasteiger partial charge in [-0.2, -0.15) is 4.98 Å². The minimum atomic E-state index is -0.333. The van der Waals surface area contributed by atoms with E-state index < -0.39 is 0 Å². The second-order valence-electron chi connectivity index (χ2n) is 5.89. The number of halogens is 1. The number of carbonyl (C=O) groups excluding carboxylic acids is 1. The molecule has 1 amide bonds. The molecule has 146 valence electrons. The van der Waals surface area contributed by atoms with Gasteiger partial charge < -0.3 is 19.3 Å². The van der Waals surface area contributed by atoms with Crippen molar-refractivity contribution in [2.24, 2.45) is 0 Å². The molecule has 2 aromatic carbocycles. The molecule has 3 rings (SSSR count). The minimum Gasteiger partial charge on any atom is -0.497 e. The molecule has 1 aromatic heterocycles. The Balaban J connectivity index is 1.36. The Labute approximate surface area is 161 Å². The van der Waals surface area contributed by atoms with Gasteiger partial charge in [0.25, 0.3) is 0 Å². The van der Waals surface area contributed by atoms with Crippen LogP contribution in [0.1, 0.15) is 12.3 Å². The Morgan fingerprint density at radius 2 is 1.82 bits per heavy atom. The van der Waals surface area contributed by atoms with E-state index in [0.717, 1.165) is 5.75 Å². The highest BCUT2D eigenvalue weighted by atomic mass is 19.1. The van der Waals surface area contributed by atoms with Gasteiger partial charge in [-0.1, -0.05) is 5.16 Å². The second-order valence-corrected chi connectivity index (χ2v) is 5.89. The number of aromatic nitrogens is 2. The lowest BCUT2D eigenvalue weighted by atomic mass is 10.2. The van der Waals surface area contributed by atoms with Crippen LogP contribution in [0.4, 0.5) is 4.39 Å². The fraction of sp³-hybridized carbons (Fsp3) is 0.250. The van der Waals surface area contributed by atoms with Gasteiger partial charge in [-0.3, -0.25) is 4.79 Å². The van der Waals surface area contributed by atoms with E-state index in [1.165, 1.54) is 12.1 Å². The topological polar surface area (TPSA) is 86.5 Å². The van der Waals surface area contributed by atoms with Crippen LogP contribution >= 0.6 is 0 Å². The number of benzene rings is 2. The quantitative estimate of drug-likeness (QED) is 0.570. The third-order valence-electron chi connectivity index (χ3n) is 3.89.